The summed E-state index contributed by atoms with van der Waals surface area (Å²) in [5.74, 6) is -0.164. The molecule has 0 amide bonds. The number of rotatable bonds is 5. The first kappa shape index (κ1) is 15.5. The van der Waals surface area contributed by atoms with Crippen molar-refractivity contribution in [1.29, 1.82) is 0 Å². The minimum Gasteiger partial charge on any atom is -0.375 e. The quantitative estimate of drug-likeness (QED) is 0.858. The Morgan fingerprint density at radius 2 is 1.90 bits per heavy atom. The maximum Gasteiger partial charge on any atom is 0.128 e. The van der Waals surface area contributed by atoms with Gasteiger partial charge in [-0.2, -0.15) is 5.10 Å². The molecule has 114 valence electrons. The third-order valence-electron chi connectivity index (χ3n) is 3.82. The molecule has 1 N–H and O–H groups in total. The molecule has 21 heavy (non-hydrogen) atoms. The molecule has 1 unspecified atom stereocenters. The van der Waals surface area contributed by atoms with Crippen LogP contribution in [0.2, 0.25) is 0 Å². The number of aryl methyl sites for hydroxylation is 1. The third-order valence-corrected chi connectivity index (χ3v) is 3.82. The lowest BCUT2D eigenvalue weighted by Crippen LogP contribution is -2.13. The molecule has 0 aliphatic heterocycles. The maximum atomic E-state index is 14.0. The second-order valence-electron chi connectivity index (χ2n) is 5.71. The SMILES string of the molecule is CCC(Nc1c(C)nn(C(C)C)c1C)c1ccccc1F. The summed E-state index contributed by atoms with van der Waals surface area (Å²) in [5.41, 5.74) is 3.77. The minimum atomic E-state index is -0.164. The molecule has 2 rings (SSSR count). The lowest BCUT2D eigenvalue weighted by atomic mass is 10.0. The van der Waals surface area contributed by atoms with E-state index < -0.39 is 0 Å². The van der Waals surface area contributed by atoms with Crippen LogP contribution in [0.25, 0.3) is 0 Å². The zero-order valence-corrected chi connectivity index (χ0v) is 13.4. The molecule has 0 fully saturated rings. The van der Waals surface area contributed by atoms with Gasteiger partial charge in [0.2, 0.25) is 0 Å². The standard InChI is InChI=1S/C17H24FN3/c1-6-16(14-9-7-8-10-15(14)18)19-17-12(4)20-21(11(2)3)13(17)5/h7-11,16,19H,6H2,1-5H3. The van der Waals surface area contributed by atoms with Crippen molar-refractivity contribution < 1.29 is 4.39 Å². The molecular formula is C17H24FN3. The van der Waals surface area contributed by atoms with Crippen molar-refractivity contribution >= 4 is 5.69 Å². The van der Waals surface area contributed by atoms with Gasteiger partial charge < -0.3 is 5.32 Å². The van der Waals surface area contributed by atoms with E-state index in [0.717, 1.165) is 23.5 Å². The number of anilines is 1. The van der Waals surface area contributed by atoms with Gasteiger partial charge in [0.15, 0.2) is 0 Å². The maximum absolute atomic E-state index is 14.0. The number of nitrogens with one attached hydrogen (secondary N) is 1. The van der Waals surface area contributed by atoms with E-state index in [-0.39, 0.29) is 11.9 Å². The van der Waals surface area contributed by atoms with Gasteiger partial charge in [0.25, 0.3) is 0 Å². The molecule has 0 bridgehead atoms. The number of aromatic nitrogens is 2. The van der Waals surface area contributed by atoms with Crippen molar-refractivity contribution in [3.63, 3.8) is 0 Å². The molecule has 0 saturated heterocycles. The summed E-state index contributed by atoms with van der Waals surface area (Å²) < 4.78 is 16.0. The Bertz CT molecular complexity index is 616. The monoisotopic (exact) mass is 289 g/mol. The van der Waals surface area contributed by atoms with Crippen LogP contribution >= 0.6 is 0 Å². The molecule has 2 aromatic rings. The van der Waals surface area contributed by atoms with Gasteiger partial charge in [-0.1, -0.05) is 25.1 Å². The fourth-order valence-corrected chi connectivity index (χ4v) is 2.71. The lowest BCUT2D eigenvalue weighted by Gasteiger charge is -2.20. The van der Waals surface area contributed by atoms with Crippen molar-refractivity contribution in [3.05, 3.63) is 47.0 Å². The van der Waals surface area contributed by atoms with Gasteiger partial charge in [0.1, 0.15) is 5.82 Å². The van der Waals surface area contributed by atoms with E-state index in [1.165, 1.54) is 6.07 Å². The number of halogens is 1. The summed E-state index contributed by atoms with van der Waals surface area (Å²) in [7, 11) is 0. The van der Waals surface area contributed by atoms with Gasteiger partial charge >= 0.3 is 0 Å². The summed E-state index contributed by atoms with van der Waals surface area (Å²) in [6.07, 6.45) is 0.812. The van der Waals surface area contributed by atoms with Crippen LogP contribution in [0.1, 0.15) is 56.2 Å². The predicted molar refractivity (Wildman–Crippen MR) is 85.1 cm³/mol. The van der Waals surface area contributed by atoms with Gasteiger partial charge in [-0.25, -0.2) is 4.39 Å². The Balaban J connectivity index is 2.34. The number of nitrogens with zero attached hydrogens (tertiary/aromatic N) is 2. The molecule has 1 atom stereocenters. The van der Waals surface area contributed by atoms with Crippen LogP contribution in [0.5, 0.6) is 0 Å². The molecule has 3 nitrogen and oxygen atoms in total. The Labute approximate surface area is 126 Å². The van der Waals surface area contributed by atoms with Crippen molar-refractivity contribution in [3.8, 4) is 0 Å². The topological polar surface area (TPSA) is 29.9 Å². The highest BCUT2D eigenvalue weighted by Gasteiger charge is 2.19. The van der Waals surface area contributed by atoms with Crippen LogP contribution in [0.4, 0.5) is 10.1 Å². The first-order chi connectivity index (χ1) is 9.95. The van der Waals surface area contributed by atoms with Gasteiger partial charge in [0, 0.05) is 11.6 Å². The highest BCUT2D eigenvalue weighted by atomic mass is 19.1. The van der Waals surface area contributed by atoms with E-state index in [4.69, 9.17) is 0 Å². The van der Waals surface area contributed by atoms with Crippen LogP contribution < -0.4 is 5.32 Å². The van der Waals surface area contributed by atoms with Crippen molar-refractivity contribution in [2.45, 2.75) is 53.1 Å². The van der Waals surface area contributed by atoms with E-state index in [0.29, 0.717) is 11.6 Å². The first-order valence-electron chi connectivity index (χ1n) is 7.52. The van der Waals surface area contributed by atoms with Crippen molar-refractivity contribution in [2.75, 3.05) is 5.32 Å². The highest BCUT2D eigenvalue weighted by molar-refractivity contribution is 5.54. The smallest absolute Gasteiger partial charge is 0.128 e. The van der Waals surface area contributed by atoms with Crippen LogP contribution in [0.3, 0.4) is 0 Å². The van der Waals surface area contributed by atoms with Crippen LogP contribution in [-0.4, -0.2) is 9.78 Å². The fourth-order valence-electron chi connectivity index (χ4n) is 2.71. The number of hydrogen-bond donors (Lipinski definition) is 1. The molecule has 0 radical (unpaired) electrons. The van der Waals surface area contributed by atoms with Crippen LogP contribution in [0, 0.1) is 19.7 Å². The van der Waals surface area contributed by atoms with E-state index in [1.807, 2.05) is 23.7 Å². The van der Waals surface area contributed by atoms with E-state index in [2.05, 4.69) is 38.1 Å². The lowest BCUT2D eigenvalue weighted by molar-refractivity contribution is 0.516. The zero-order valence-electron chi connectivity index (χ0n) is 13.4. The molecular weight excluding hydrogens is 265 g/mol. The Hall–Kier alpha value is -1.84. The van der Waals surface area contributed by atoms with Gasteiger partial charge in [-0.3, -0.25) is 4.68 Å². The molecule has 0 spiro atoms. The first-order valence-corrected chi connectivity index (χ1v) is 7.52. The second kappa shape index (κ2) is 6.29. The molecule has 0 saturated carbocycles. The third kappa shape index (κ3) is 3.09. The highest BCUT2D eigenvalue weighted by Crippen LogP contribution is 2.29. The second-order valence-corrected chi connectivity index (χ2v) is 5.71. The largest absolute Gasteiger partial charge is 0.375 e. The zero-order chi connectivity index (χ0) is 15.6. The molecule has 1 aromatic carbocycles. The summed E-state index contributed by atoms with van der Waals surface area (Å²) in [6, 6.07) is 7.21. The average Bonchev–Trinajstić information content (AvgIpc) is 2.73. The number of hydrogen-bond acceptors (Lipinski definition) is 2. The molecule has 0 aliphatic rings. The summed E-state index contributed by atoms with van der Waals surface area (Å²) >= 11 is 0. The Kier molecular flexibility index (Phi) is 4.66. The predicted octanol–water partition coefficient (Wildman–Crippen LogP) is 4.78. The normalized spacial score (nSPS) is 12.7. The summed E-state index contributed by atoms with van der Waals surface area (Å²) in [4.78, 5) is 0. The molecule has 1 aromatic heterocycles. The van der Waals surface area contributed by atoms with Crippen molar-refractivity contribution in [1.82, 2.24) is 9.78 Å². The fraction of sp³-hybridized carbons (Fsp3) is 0.471. The van der Waals surface area contributed by atoms with Crippen LogP contribution in [0.15, 0.2) is 24.3 Å². The average molecular weight is 289 g/mol. The minimum absolute atomic E-state index is 0.0478. The number of benzene rings is 1. The van der Waals surface area contributed by atoms with Gasteiger partial charge in [-0.15, -0.1) is 0 Å². The Morgan fingerprint density at radius 1 is 1.24 bits per heavy atom. The molecule has 4 heteroatoms. The molecule has 0 aliphatic carbocycles. The molecule has 1 heterocycles. The van der Waals surface area contributed by atoms with Crippen molar-refractivity contribution in [2.24, 2.45) is 0 Å². The van der Waals surface area contributed by atoms with Crippen LogP contribution in [-0.2, 0) is 0 Å². The van der Waals surface area contributed by atoms with Gasteiger partial charge in [-0.05, 0) is 40.2 Å². The van der Waals surface area contributed by atoms with E-state index >= 15 is 0 Å². The summed E-state index contributed by atoms with van der Waals surface area (Å²) in [5, 5.41) is 8.05. The van der Waals surface area contributed by atoms with E-state index in [9.17, 15) is 4.39 Å². The summed E-state index contributed by atoms with van der Waals surface area (Å²) in [6.45, 7) is 10.3. The Morgan fingerprint density at radius 3 is 2.43 bits per heavy atom. The van der Waals surface area contributed by atoms with E-state index in [1.54, 1.807) is 6.07 Å². The van der Waals surface area contributed by atoms with Gasteiger partial charge in [0.05, 0.1) is 23.1 Å².